The number of carbonyl (C=O) groups is 1. The highest BCUT2D eigenvalue weighted by Gasteiger charge is 2.10. The number of fused-ring (bicyclic) bond motifs is 2. The van der Waals surface area contributed by atoms with Crippen molar-refractivity contribution in [3.05, 3.63) is 114 Å². The predicted molar refractivity (Wildman–Crippen MR) is 148 cm³/mol. The highest BCUT2D eigenvalue weighted by Crippen LogP contribution is 2.29. The van der Waals surface area contributed by atoms with Crippen molar-refractivity contribution in [3.63, 3.8) is 0 Å². The minimum absolute atomic E-state index is 0.179. The summed E-state index contributed by atoms with van der Waals surface area (Å²) in [7, 11) is 0. The summed E-state index contributed by atoms with van der Waals surface area (Å²) in [5, 5.41) is 7.40. The van der Waals surface area contributed by atoms with Gasteiger partial charge in [0, 0.05) is 21.5 Å². The van der Waals surface area contributed by atoms with E-state index in [1.807, 2.05) is 104 Å². The molecule has 0 unspecified atom stereocenters. The van der Waals surface area contributed by atoms with Gasteiger partial charge in [0.05, 0.1) is 17.5 Å². The molecular formula is C30H25N3O2S. The number of rotatable bonds is 8. The number of nitrogens with one attached hydrogen (secondary N) is 1. The van der Waals surface area contributed by atoms with Gasteiger partial charge in [-0.05, 0) is 41.5 Å². The van der Waals surface area contributed by atoms with Gasteiger partial charge in [-0.25, -0.2) is 5.43 Å². The molecule has 0 fully saturated rings. The maximum atomic E-state index is 12.6. The molecule has 0 bridgehead atoms. The van der Waals surface area contributed by atoms with Gasteiger partial charge in [0.2, 0.25) is 5.91 Å². The van der Waals surface area contributed by atoms with Crippen LogP contribution in [0.3, 0.4) is 0 Å². The quantitative estimate of drug-likeness (QED) is 0.153. The summed E-state index contributed by atoms with van der Waals surface area (Å²) in [5.41, 5.74) is 6.43. The Morgan fingerprint density at radius 2 is 1.69 bits per heavy atom. The molecule has 1 aromatic heterocycles. The van der Waals surface area contributed by atoms with Crippen molar-refractivity contribution in [3.8, 4) is 5.75 Å². The third-order valence-electron chi connectivity index (χ3n) is 5.72. The number of aryl methyl sites for hydroxylation is 1. The van der Waals surface area contributed by atoms with Crippen molar-refractivity contribution in [1.29, 1.82) is 0 Å². The minimum Gasteiger partial charge on any atom is -0.488 e. The Morgan fingerprint density at radius 1 is 0.944 bits per heavy atom. The van der Waals surface area contributed by atoms with Gasteiger partial charge in [-0.1, -0.05) is 78.9 Å². The number of para-hydroxylation sites is 1. The number of benzene rings is 4. The zero-order chi connectivity index (χ0) is 24.7. The average molecular weight is 492 g/mol. The maximum absolute atomic E-state index is 12.6. The van der Waals surface area contributed by atoms with Crippen LogP contribution in [0, 0.1) is 6.92 Å². The van der Waals surface area contributed by atoms with E-state index in [0.29, 0.717) is 12.4 Å². The SMILES string of the molecule is Cc1cc(SCC(=O)N/N=C\c2c(OCc3ccccc3)ccc3ccccc23)c2ccccc2n1. The Morgan fingerprint density at radius 3 is 2.56 bits per heavy atom. The molecule has 178 valence electrons. The Balaban J connectivity index is 1.30. The molecule has 36 heavy (non-hydrogen) atoms. The van der Waals surface area contributed by atoms with Gasteiger partial charge in [0.15, 0.2) is 0 Å². The van der Waals surface area contributed by atoms with Crippen LogP contribution in [-0.2, 0) is 11.4 Å². The van der Waals surface area contributed by atoms with E-state index < -0.39 is 0 Å². The molecule has 6 heteroatoms. The van der Waals surface area contributed by atoms with Crippen molar-refractivity contribution in [2.24, 2.45) is 5.10 Å². The van der Waals surface area contributed by atoms with Crippen LogP contribution in [0.1, 0.15) is 16.8 Å². The lowest BCUT2D eigenvalue weighted by atomic mass is 10.0. The molecule has 1 N–H and O–H groups in total. The summed E-state index contributed by atoms with van der Waals surface area (Å²) in [6.07, 6.45) is 1.66. The molecular weight excluding hydrogens is 466 g/mol. The Hall–Kier alpha value is -4.16. The number of ether oxygens (including phenoxy) is 1. The van der Waals surface area contributed by atoms with Crippen LogP contribution in [0.15, 0.2) is 107 Å². The monoisotopic (exact) mass is 491 g/mol. The van der Waals surface area contributed by atoms with Crippen molar-refractivity contribution in [2.75, 3.05) is 5.75 Å². The first-order chi connectivity index (χ1) is 17.7. The smallest absolute Gasteiger partial charge is 0.250 e. The third kappa shape index (κ3) is 5.56. The molecule has 0 radical (unpaired) electrons. The fourth-order valence-electron chi connectivity index (χ4n) is 4.00. The zero-order valence-electron chi connectivity index (χ0n) is 19.8. The van der Waals surface area contributed by atoms with Crippen LogP contribution >= 0.6 is 11.8 Å². The third-order valence-corrected chi connectivity index (χ3v) is 6.77. The number of aromatic nitrogens is 1. The van der Waals surface area contributed by atoms with Gasteiger partial charge in [0.25, 0.3) is 0 Å². The molecule has 4 aromatic carbocycles. The summed E-state index contributed by atoms with van der Waals surface area (Å²) in [5.74, 6) is 0.781. The van der Waals surface area contributed by atoms with Gasteiger partial charge in [-0.15, -0.1) is 11.8 Å². The summed E-state index contributed by atoms with van der Waals surface area (Å²) >= 11 is 1.48. The Bertz CT molecular complexity index is 1550. The first-order valence-electron chi connectivity index (χ1n) is 11.7. The second-order valence-corrected chi connectivity index (χ2v) is 9.35. The number of thioether (sulfide) groups is 1. The highest BCUT2D eigenvalue weighted by atomic mass is 32.2. The predicted octanol–water partition coefficient (Wildman–Crippen LogP) is 6.52. The molecule has 1 amide bonds. The number of nitrogens with zero attached hydrogens (tertiary/aromatic N) is 2. The number of hydrogen-bond donors (Lipinski definition) is 1. The van der Waals surface area contributed by atoms with Gasteiger partial charge < -0.3 is 4.74 Å². The van der Waals surface area contributed by atoms with Crippen LogP contribution in [0.25, 0.3) is 21.7 Å². The lowest BCUT2D eigenvalue weighted by molar-refractivity contribution is -0.118. The van der Waals surface area contributed by atoms with E-state index in [2.05, 4.69) is 15.5 Å². The highest BCUT2D eigenvalue weighted by molar-refractivity contribution is 8.00. The Kier molecular flexibility index (Phi) is 7.24. The first kappa shape index (κ1) is 23.6. The molecule has 0 saturated carbocycles. The van der Waals surface area contributed by atoms with E-state index in [1.165, 1.54) is 11.8 Å². The van der Waals surface area contributed by atoms with Crippen LogP contribution < -0.4 is 10.2 Å². The number of hydrazone groups is 1. The van der Waals surface area contributed by atoms with Gasteiger partial charge >= 0.3 is 0 Å². The zero-order valence-corrected chi connectivity index (χ0v) is 20.7. The summed E-state index contributed by atoms with van der Waals surface area (Å²) < 4.78 is 6.13. The summed E-state index contributed by atoms with van der Waals surface area (Å²) in [6.45, 7) is 2.41. The number of hydrogen-bond acceptors (Lipinski definition) is 5. The summed E-state index contributed by atoms with van der Waals surface area (Å²) in [4.78, 5) is 18.2. The van der Waals surface area contributed by atoms with Gasteiger partial charge in [-0.2, -0.15) is 5.10 Å². The Labute approximate surface area is 214 Å². The van der Waals surface area contributed by atoms with E-state index >= 15 is 0 Å². The number of pyridine rings is 1. The van der Waals surface area contributed by atoms with Crippen LogP contribution in [0.5, 0.6) is 5.75 Å². The topological polar surface area (TPSA) is 63.6 Å². The van der Waals surface area contributed by atoms with Crippen molar-refractivity contribution in [2.45, 2.75) is 18.4 Å². The maximum Gasteiger partial charge on any atom is 0.250 e. The van der Waals surface area contributed by atoms with Crippen LogP contribution in [-0.4, -0.2) is 22.9 Å². The van der Waals surface area contributed by atoms with E-state index in [9.17, 15) is 4.79 Å². The lowest BCUT2D eigenvalue weighted by Crippen LogP contribution is -2.19. The standard InChI is InChI=1S/C30H25N3O2S/c1-21-17-29(25-13-7-8-14-27(25)32-21)36-20-30(34)33-31-18-26-24-12-6-5-11-23(24)15-16-28(26)35-19-22-9-3-2-4-10-22/h2-18H,19-20H2,1H3,(H,33,34)/b31-18-. The molecule has 5 rings (SSSR count). The normalized spacial score (nSPS) is 11.2. The molecule has 5 nitrogen and oxygen atoms in total. The van der Waals surface area contributed by atoms with Crippen molar-refractivity contribution >= 4 is 45.6 Å². The fourth-order valence-corrected chi connectivity index (χ4v) is 4.94. The molecule has 0 saturated heterocycles. The number of carbonyl (C=O) groups excluding carboxylic acids is 1. The number of amides is 1. The van der Waals surface area contributed by atoms with Gasteiger partial charge in [-0.3, -0.25) is 9.78 Å². The minimum atomic E-state index is -0.179. The fraction of sp³-hybridized carbons (Fsp3) is 0.100. The van der Waals surface area contributed by atoms with Crippen LogP contribution in [0.2, 0.25) is 0 Å². The van der Waals surface area contributed by atoms with Crippen molar-refractivity contribution < 1.29 is 9.53 Å². The molecule has 0 aliphatic rings. The molecule has 0 atom stereocenters. The van der Waals surface area contributed by atoms with Crippen molar-refractivity contribution in [1.82, 2.24) is 10.4 Å². The average Bonchev–Trinajstić information content (AvgIpc) is 2.91. The largest absolute Gasteiger partial charge is 0.488 e. The molecule has 1 heterocycles. The molecule has 0 aliphatic heterocycles. The van der Waals surface area contributed by atoms with Crippen LogP contribution in [0.4, 0.5) is 0 Å². The molecule has 0 spiro atoms. The van der Waals surface area contributed by atoms with E-state index in [-0.39, 0.29) is 11.7 Å². The van der Waals surface area contributed by atoms with Gasteiger partial charge in [0.1, 0.15) is 12.4 Å². The molecule has 5 aromatic rings. The summed E-state index contributed by atoms with van der Waals surface area (Å²) in [6, 6.07) is 32.0. The molecule has 0 aliphatic carbocycles. The van der Waals surface area contributed by atoms with E-state index in [0.717, 1.165) is 43.4 Å². The second-order valence-electron chi connectivity index (χ2n) is 8.33. The lowest BCUT2D eigenvalue weighted by Gasteiger charge is -2.12. The first-order valence-corrected chi connectivity index (χ1v) is 12.7. The van der Waals surface area contributed by atoms with E-state index in [4.69, 9.17) is 4.74 Å². The van der Waals surface area contributed by atoms with E-state index in [1.54, 1.807) is 6.21 Å². The second kappa shape index (κ2) is 11.1.